The molecule has 27 heavy (non-hydrogen) atoms. The second-order valence-corrected chi connectivity index (χ2v) is 7.19. The van der Waals surface area contributed by atoms with Crippen molar-refractivity contribution in [2.24, 2.45) is 0 Å². The molecule has 0 atom stereocenters. The quantitative estimate of drug-likeness (QED) is 0.597. The molecule has 5 nitrogen and oxygen atoms in total. The fraction of sp³-hybridized carbons (Fsp3) is 0.286. The molecule has 0 bridgehead atoms. The number of benzene rings is 1. The van der Waals surface area contributed by atoms with E-state index in [1.54, 1.807) is 29.6 Å². The zero-order chi connectivity index (χ0) is 18.9. The summed E-state index contributed by atoms with van der Waals surface area (Å²) in [5.41, 5.74) is 1.16. The van der Waals surface area contributed by atoms with Crippen molar-refractivity contribution in [2.45, 2.75) is 19.4 Å². The maximum atomic E-state index is 12.7. The molecule has 0 saturated carbocycles. The molecule has 2 heterocycles. The summed E-state index contributed by atoms with van der Waals surface area (Å²) >= 11 is 1.71. The number of carbonyl (C=O) groups is 1. The molecule has 0 unspecified atom stereocenters. The number of methoxy groups -OCH3 is 1. The number of thiophene rings is 1. The van der Waals surface area contributed by atoms with Crippen molar-refractivity contribution in [1.29, 1.82) is 0 Å². The van der Waals surface area contributed by atoms with Gasteiger partial charge in [-0.3, -0.25) is 0 Å². The fourth-order valence-corrected chi connectivity index (χ4v) is 3.46. The zero-order valence-corrected chi connectivity index (χ0v) is 16.2. The fourth-order valence-electron chi connectivity index (χ4n) is 2.76. The van der Waals surface area contributed by atoms with E-state index in [0.717, 1.165) is 29.9 Å². The van der Waals surface area contributed by atoms with Gasteiger partial charge in [-0.25, -0.2) is 4.79 Å². The Morgan fingerprint density at radius 1 is 1.15 bits per heavy atom. The van der Waals surface area contributed by atoms with Gasteiger partial charge in [-0.1, -0.05) is 18.2 Å². The second-order valence-electron chi connectivity index (χ2n) is 6.16. The highest BCUT2D eigenvalue weighted by atomic mass is 32.1. The molecule has 1 N–H and O–H groups in total. The van der Waals surface area contributed by atoms with Gasteiger partial charge in [0.1, 0.15) is 11.5 Å². The van der Waals surface area contributed by atoms with Gasteiger partial charge in [-0.15, -0.1) is 11.3 Å². The van der Waals surface area contributed by atoms with Crippen LogP contribution in [0.3, 0.4) is 0 Å². The third-order valence-electron chi connectivity index (χ3n) is 4.27. The van der Waals surface area contributed by atoms with E-state index >= 15 is 0 Å². The molecule has 1 aromatic carbocycles. The Hall–Kier alpha value is -2.73. The lowest BCUT2D eigenvalue weighted by Crippen LogP contribution is -2.41. The van der Waals surface area contributed by atoms with Crippen LogP contribution >= 0.6 is 11.3 Å². The number of amides is 2. The van der Waals surface area contributed by atoms with Crippen molar-refractivity contribution < 1.29 is 13.9 Å². The van der Waals surface area contributed by atoms with Gasteiger partial charge in [-0.05, 0) is 54.1 Å². The largest absolute Gasteiger partial charge is 0.497 e. The third kappa shape index (κ3) is 5.89. The molecule has 0 aliphatic carbocycles. The van der Waals surface area contributed by atoms with Crippen LogP contribution in [0.15, 0.2) is 64.6 Å². The number of nitrogens with zero attached hydrogens (tertiary/aromatic N) is 1. The van der Waals surface area contributed by atoms with Gasteiger partial charge < -0.3 is 19.4 Å². The van der Waals surface area contributed by atoms with E-state index < -0.39 is 0 Å². The smallest absolute Gasteiger partial charge is 0.317 e. The van der Waals surface area contributed by atoms with Crippen LogP contribution in [0.5, 0.6) is 5.75 Å². The van der Waals surface area contributed by atoms with E-state index in [1.165, 1.54) is 4.88 Å². The minimum absolute atomic E-state index is 0.0727. The lowest BCUT2D eigenvalue weighted by molar-refractivity contribution is 0.191. The topological polar surface area (TPSA) is 54.7 Å². The van der Waals surface area contributed by atoms with Crippen molar-refractivity contribution in [3.8, 4) is 5.75 Å². The summed E-state index contributed by atoms with van der Waals surface area (Å²) in [5, 5.41) is 5.08. The van der Waals surface area contributed by atoms with Crippen LogP contribution < -0.4 is 10.1 Å². The van der Waals surface area contributed by atoms with Gasteiger partial charge in [0.2, 0.25) is 0 Å². The zero-order valence-electron chi connectivity index (χ0n) is 15.4. The molecular formula is C21H24N2O3S. The maximum absolute atomic E-state index is 12.7. The number of urea groups is 1. The Morgan fingerprint density at radius 3 is 2.67 bits per heavy atom. The van der Waals surface area contributed by atoms with Crippen LogP contribution in [0.2, 0.25) is 0 Å². The van der Waals surface area contributed by atoms with E-state index in [4.69, 9.17) is 9.15 Å². The van der Waals surface area contributed by atoms with Gasteiger partial charge in [0.15, 0.2) is 0 Å². The average Bonchev–Trinajstić information content (AvgIpc) is 3.39. The van der Waals surface area contributed by atoms with Gasteiger partial charge in [0.05, 0.1) is 19.9 Å². The number of carbonyl (C=O) groups excluding carboxylic acids is 1. The number of hydrogen-bond acceptors (Lipinski definition) is 4. The van der Waals surface area contributed by atoms with Crippen molar-refractivity contribution >= 4 is 17.4 Å². The van der Waals surface area contributed by atoms with E-state index in [2.05, 4.69) is 16.8 Å². The predicted octanol–water partition coefficient (Wildman–Crippen LogP) is 4.35. The minimum atomic E-state index is -0.0727. The average molecular weight is 385 g/mol. The lowest BCUT2D eigenvalue weighted by atomic mass is 10.1. The van der Waals surface area contributed by atoms with Gasteiger partial charge in [-0.2, -0.15) is 0 Å². The summed E-state index contributed by atoms with van der Waals surface area (Å²) in [6.45, 7) is 1.70. The first-order valence-electron chi connectivity index (χ1n) is 8.95. The molecule has 0 saturated heterocycles. The van der Waals surface area contributed by atoms with Crippen molar-refractivity contribution in [3.63, 3.8) is 0 Å². The van der Waals surface area contributed by atoms with E-state index in [9.17, 15) is 4.79 Å². The second kappa shape index (κ2) is 9.83. The first-order valence-corrected chi connectivity index (χ1v) is 9.83. The Morgan fingerprint density at radius 2 is 2.00 bits per heavy atom. The number of nitrogens with one attached hydrogen (secondary N) is 1. The molecule has 6 heteroatoms. The van der Waals surface area contributed by atoms with Crippen LogP contribution in [0.4, 0.5) is 4.79 Å². The molecule has 3 aromatic rings. The molecule has 0 spiro atoms. The molecule has 3 rings (SSSR count). The standard InChI is InChI=1S/C21H24N2O3S/c1-25-18-8-6-17(7-9-18)10-12-22-21(24)23(16-19-4-2-14-26-19)13-11-20-5-3-15-27-20/h2-9,14-15H,10-13,16H2,1H3,(H,22,24). The SMILES string of the molecule is COc1ccc(CCNC(=O)N(CCc2cccs2)Cc2ccco2)cc1. The van der Waals surface area contributed by atoms with Crippen molar-refractivity contribution in [1.82, 2.24) is 10.2 Å². The summed E-state index contributed by atoms with van der Waals surface area (Å²) < 4.78 is 10.6. The van der Waals surface area contributed by atoms with E-state index in [0.29, 0.717) is 19.6 Å². The monoisotopic (exact) mass is 384 g/mol. The number of furan rings is 1. The molecule has 2 amide bonds. The Kier molecular flexibility index (Phi) is 6.93. The highest BCUT2D eigenvalue weighted by Crippen LogP contribution is 2.13. The molecule has 0 fully saturated rings. The van der Waals surface area contributed by atoms with Crippen LogP contribution in [-0.4, -0.2) is 31.1 Å². The summed E-state index contributed by atoms with van der Waals surface area (Å²) in [6, 6.07) is 15.7. The third-order valence-corrected chi connectivity index (χ3v) is 5.21. The Balaban J connectivity index is 1.52. The lowest BCUT2D eigenvalue weighted by Gasteiger charge is -2.22. The summed E-state index contributed by atoms with van der Waals surface area (Å²) in [5.74, 6) is 1.62. The molecular weight excluding hydrogens is 360 g/mol. The van der Waals surface area contributed by atoms with Crippen molar-refractivity contribution in [3.05, 3.63) is 76.4 Å². The highest BCUT2D eigenvalue weighted by molar-refractivity contribution is 7.09. The first kappa shape index (κ1) is 19.0. The van der Waals surface area contributed by atoms with Crippen LogP contribution in [0, 0.1) is 0 Å². The molecule has 0 radical (unpaired) electrons. The van der Waals surface area contributed by atoms with E-state index in [1.807, 2.05) is 42.5 Å². The first-order chi connectivity index (χ1) is 13.2. The van der Waals surface area contributed by atoms with Crippen molar-refractivity contribution in [2.75, 3.05) is 20.2 Å². The Bertz CT molecular complexity index is 799. The van der Waals surface area contributed by atoms with Crippen LogP contribution in [0.1, 0.15) is 16.2 Å². The maximum Gasteiger partial charge on any atom is 0.317 e. The van der Waals surface area contributed by atoms with Gasteiger partial charge in [0.25, 0.3) is 0 Å². The molecule has 142 valence electrons. The number of hydrogen-bond donors (Lipinski definition) is 1. The summed E-state index contributed by atoms with van der Waals surface area (Å²) in [6.07, 6.45) is 3.24. The van der Waals surface area contributed by atoms with Gasteiger partial charge in [0, 0.05) is 18.0 Å². The van der Waals surface area contributed by atoms with Gasteiger partial charge >= 0.3 is 6.03 Å². The number of ether oxygens (including phenoxy) is 1. The number of rotatable bonds is 9. The van der Waals surface area contributed by atoms with Crippen LogP contribution in [0.25, 0.3) is 0 Å². The summed E-state index contributed by atoms with van der Waals surface area (Å²) in [4.78, 5) is 15.7. The molecule has 0 aliphatic rings. The normalized spacial score (nSPS) is 10.6. The predicted molar refractivity (Wildman–Crippen MR) is 107 cm³/mol. The Labute approximate surface area is 163 Å². The van der Waals surface area contributed by atoms with Crippen LogP contribution in [-0.2, 0) is 19.4 Å². The highest BCUT2D eigenvalue weighted by Gasteiger charge is 2.15. The molecule has 2 aromatic heterocycles. The molecule has 0 aliphatic heterocycles. The minimum Gasteiger partial charge on any atom is -0.497 e. The van der Waals surface area contributed by atoms with E-state index in [-0.39, 0.29) is 6.03 Å². The summed E-state index contributed by atoms with van der Waals surface area (Å²) in [7, 11) is 1.65.